The molecule has 0 saturated heterocycles. The summed E-state index contributed by atoms with van der Waals surface area (Å²) in [6.45, 7) is 5.90. The molecule has 0 fully saturated rings. The Labute approximate surface area is 142 Å². The normalized spacial score (nSPS) is 12.2. The van der Waals surface area contributed by atoms with Gasteiger partial charge in [-0.15, -0.1) is 0 Å². The van der Waals surface area contributed by atoms with Crippen molar-refractivity contribution in [3.63, 3.8) is 0 Å². The first kappa shape index (κ1) is 17.3. The van der Waals surface area contributed by atoms with Gasteiger partial charge in [0.25, 0.3) is 5.91 Å². The van der Waals surface area contributed by atoms with Gasteiger partial charge in [-0.3, -0.25) is 4.79 Å². The van der Waals surface area contributed by atoms with Gasteiger partial charge in [-0.25, -0.2) is 0 Å². The van der Waals surface area contributed by atoms with Crippen LogP contribution in [0.15, 0.2) is 60.3 Å². The highest BCUT2D eigenvalue weighted by Gasteiger charge is 2.13. The van der Waals surface area contributed by atoms with Crippen molar-refractivity contribution in [1.82, 2.24) is 5.32 Å². The van der Waals surface area contributed by atoms with Gasteiger partial charge in [0, 0.05) is 11.9 Å². The first-order chi connectivity index (χ1) is 11.5. The Balaban J connectivity index is 2.09. The minimum Gasteiger partial charge on any atom is -0.360 e. The number of hydrogen-bond acceptors (Lipinski definition) is 3. The van der Waals surface area contributed by atoms with Gasteiger partial charge < -0.3 is 10.6 Å². The van der Waals surface area contributed by atoms with E-state index in [1.165, 1.54) is 6.20 Å². The van der Waals surface area contributed by atoms with E-state index < -0.39 is 5.91 Å². The van der Waals surface area contributed by atoms with Crippen LogP contribution in [0.3, 0.4) is 0 Å². The third-order valence-corrected chi connectivity index (χ3v) is 3.99. The Kier molecular flexibility index (Phi) is 5.75. The molecular weight excluding hydrogens is 298 g/mol. The first-order valence-corrected chi connectivity index (χ1v) is 7.81. The molecule has 0 aliphatic rings. The summed E-state index contributed by atoms with van der Waals surface area (Å²) in [4.78, 5) is 12.3. The fourth-order valence-electron chi connectivity index (χ4n) is 2.31. The lowest BCUT2D eigenvalue weighted by Crippen LogP contribution is -2.28. The molecule has 2 N–H and O–H groups in total. The zero-order valence-electron chi connectivity index (χ0n) is 14.1. The van der Waals surface area contributed by atoms with Crippen molar-refractivity contribution < 1.29 is 4.79 Å². The molecule has 0 heterocycles. The van der Waals surface area contributed by atoms with Gasteiger partial charge >= 0.3 is 0 Å². The maximum Gasteiger partial charge on any atom is 0.263 e. The molecule has 0 spiro atoms. The van der Waals surface area contributed by atoms with E-state index in [0.29, 0.717) is 0 Å². The Morgan fingerprint density at radius 2 is 1.83 bits per heavy atom. The van der Waals surface area contributed by atoms with Gasteiger partial charge in [-0.05, 0) is 43.5 Å². The van der Waals surface area contributed by atoms with Gasteiger partial charge in [0.05, 0.1) is 6.04 Å². The second kappa shape index (κ2) is 7.98. The standard InChI is InChI=1S/C20H21N3O/c1-14-8-7-11-19(15(14)2)22-13-18(12-21)20(24)23-16(3)17-9-5-4-6-10-17/h4-11,13,16,22H,1-3H3,(H,23,24)/b18-13-. The van der Waals surface area contributed by atoms with Crippen molar-refractivity contribution in [2.24, 2.45) is 0 Å². The summed E-state index contributed by atoms with van der Waals surface area (Å²) >= 11 is 0. The molecule has 0 aliphatic carbocycles. The Morgan fingerprint density at radius 1 is 1.12 bits per heavy atom. The van der Waals surface area contributed by atoms with Gasteiger partial charge in [-0.2, -0.15) is 5.26 Å². The minimum absolute atomic E-state index is 0.0405. The fraction of sp³-hybridized carbons (Fsp3) is 0.200. The quantitative estimate of drug-likeness (QED) is 0.646. The zero-order chi connectivity index (χ0) is 17.5. The molecule has 4 heteroatoms. The smallest absolute Gasteiger partial charge is 0.263 e. The van der Waals surface area contributed by atoms with E-state index in [0.717, 1.165) is 22.4 Å². The predicted molar refractivity (Wildman–Crippen MR) is 96.2 cm³/mol. The van der Waals surface area contributed by atoms with E-state index in [-0.39, 0.29) is 11.6 Å². The highest BCUT2D eigenvalue weighted by atomic mass is 16.1. The number of hydrogen-bond donors (Lipinski definition) is 2. The number of carbonyl (C=O) groups is 1. The van der Waals surface area contributed by atoms with E-state index in [4.69, 9.17) is 0 Å². The van der Waals surface area contributed by atoms with Gasteiger partial charge in [-0.1, -0.05) is 42.5 Å². The molecule has 0 aromatic heterocycles. The van der Waals surface area contributed by atoms with E-state index in [1.807, 2.05) is 75.4 Å². The monoisotopic (exact) mass is 319 g/mol. The Hall–Kier alpha value is -3.06. The van der Waals surface area contributed by atoms with Crippen LogP contribution in [-0.2, 0) is 4.79 Å². The highest BCUT2D eigenvalue weighted by molar-refractivity contribution is 5.97. The largest absolute Gasteiger partial charge is 0.360 e. The molecule has 2 rings (SSSR count). The maximum atomic E-state index is 12.3. The maximum absolute atomic E-state index is 12.3. The average molecular weight is 319 g/mol. The molecule has 0 saturated carbocycles. The van der Waals surface area contributed by atoms with Crippen LogP contribution in [0.1, 0.15) is 29.7 Å². The molecule has 1 atom stereocenters. The molecule has 122 valence electrons. The number of aryl methyl sites for hydroxylation is 1. The van der Waals surface area contributed by atoms with Crippen molar-refractivity contribution in [2.75, 3.05) is 5.32 Å². The van der Waals surface area contributed by atoms with Crippen LogP contribution in [0.25, 0.3) is 0 Å². The number of nitrogens with one attached hydrogen (secondary N) is 2. The molecule has 0 radical (unpaired) electrons. The Morgan fingerprint density at radius 3 is 2.50 bits per heavy atom. The zero-order valence-corrected chi connectivity index (χ0v) is 14.1. The van der Waals surface area contributed by atoms with E-state index in [9.17, 15) is 10.1 Å². The lowest BCUT2D eigenvalue weighted by Gasteiger charge is -2.14. The highest BCUT2D eigenvalue weighted by Crippen LogP contribution is 2.18. The second-order valence-electron chi connectivity index (χ2n) is 5.67. The number of carbonyl (C=O) groups excluding carboxylic acids is 1. The number of amides is 1. The van der Waals surface area contributed by atoms with Crippen LogP contribution in [0.5, 0.6) is 0 Å². The second-order valence-corrected chi connectivity index (χ2v) is 5.67. The van der Waals surface area contributed by atoms with Crippen LogP contribution in [0.2, 0.25) is 0 Å². The molecule has 0 aliphatic heterocycles. The van der Waals surface area contributed by atoms with Gasteiger partial charge in [0.2, 0.25) is 0 Å². The molecule has 1 amide bonds. The van der Waals surface area contributed by atoms with Crippen molar-refractivity contribution in [3.8, 4) is 6.07 Å². The molecule has 2 aromatic rings. The average Bonchev–Trinajstić information content (AvgIpc) is 2.59. The predicted octanol–water partition coefficient (Wildman–Crippen LogP) is 4.00. The minimum atomic E-state index is -0.397. The molecule has 1 unspecified atom stereocenters. The molecule has 24 heavy (non-hydrogen) atoms. The van der Waals surface area contributed by atoms with Gasteiger partial charge in [0.1, 0.15) is 11.6 Å². The summed E-state index contributed by atoms with van der Waals surface area (Å²) in [5, 5.41) is 15.2. The first-order valence-electron chi connectivity index (χ1n) is 7.81. The molecule has 4 nitrogen and oxygen atoms in total. The van der Waals surface area contributed by atoms with Crippen LogP contribution in [0, 0.1) is 25.2 Å². The topological polar surface area (TPSA) is 64.9 Å². The van der Waals surface area contributed by atoms with Crippen molar-refractivity contribution in [3.05, 3.63) is 77.0 Å². The number of nitrogens with zero attached hydrogens (tertiary/aromatic N) is 1. The number of nitriles is 1. The van der Waals surface area contributed by atoms with E-state index >= 15 is 0 Å². The lowest BCUT2D eigenvalue weighted by molar-refractivity contribution is -0.117. The summed E-state index contributed by atoms with van der Waals surface area (Å²) in [6, 6.07) is 17.3. The third kappa shape index (κ3) is 4.23. The number of rotatable bonds is 5. The summed E-state index contributed by atoms with van der Waals surface area (Å²) in [5.41, 5.74) is 4.15. The molecular formula is C20H21N3O. The summed E-state index contributed by atoms with van der Waals surface area (Å²) in [5.74, 6) is -0.397. The van der Waals surface area contributed by atoms with Crippen LogP contribution in [-0.4, -0.2) is 5.91 Å². The van der Waals surface area contributed by atoms with Crippen molar-refractivity contribution in [1.29, 1.82) is 5.26 Å². The van der Waals surface area contributed by atoms with Crippen molar-refractivity contribution in [2.45, 2.75) is 26.8 Å². The van der Waals surface area contributed by atoms with Crippen LogP contribution < -0.4 is 10.6 Å². The fourth-order valence-corrected chi connectivity index (χ4v) is 2.31. The SMILES string of the molecule is Cc1cccc(N/C=C(/C#N)C(=O)NC(C)c2ccccc2)c1C. The van der Waals surface area contributed by atoms with E-state index in [1.54, 1.807) is 0 Å². The summed E-state index contributed by atoms with van der Waals surface area (Å²) in [6.07, 6.45) is 1.45. The van der Waals surface area contributed by atoms with Gasteiger partial charge in [0.15, 0.2) is 0 Å². The Bertz CT molecular complexity index is 788. The number of anilines is 1. The van der Waals surface area contributed by atoms with Crippen LogP contribution >= 0.6 is 0 Å². The molecule has 0 bridgehead atoms. The third-order valence-electron chi connectivity index (χ3n) is 3.99. The summed E-state index contributed by atoms with van der Waals surface area (Å²) in [7, 11) is 0. The molecule has 2 aromatic carbocycles. The summed E-state index contributed by atoms with van der Waals surface area (Å²) < 4.78 is 0. The van der Waals surface area contributed by atoms with Crippen LogP contribution in [0.4, 0.5) is 5.69 Å². The lowest BCUT2D eigenvalue weighted by atomic mass is 10.1. The van der Waals surface area contributed by atoms with Crippen molar-refractivity contribution >= 4 is 11.6 Å². The van der Waals surface area contributed by atoms with E-state index in [2.05, 4.69) is 10.6 Å². The number of benzene rings is 2.